The van der Waals surface area contributed by atoms with Crippen LogP contribution in [0, 0.1) is 0 Å². The minimum absolute atomic E-state index is 0.118. The van der Waals surface area contributed by atoms with Gasteiger partial charge in [-0.25, -0.2) is 4.98 Å². The first-order chi connectivity index (χ1) is 9.65. The summed E-state index contributed by atoms with van der Waals surface area (Å²) in [7, 11) is -1.16. The Balaban J connectivity index is 2.45. The van der Waals surface area contributed by atoms with Gasteiger partial charge in [0.25, 0.3) is 0 Å². The number of aromatic nitrogens is 2. The Morgan fingerprint density at radius 1 is 1.26 bits per heavy atom. The Labute approximate surface area is 114 Å². The monoisotopic (exact) mass is 279 g/mol. The molecule has 1 aromatic heterocycles. The molecule has 1 saturated heterocycles. The van der Waals surface area contributed by atoms with Gasteiger partial charge in [0.2, 0.25) is 5.82 Å². The van der Waals surface area contributed by atoms with Gasteiger partial charge in [-0.15, -0.1) is 0 Å². The standard InChI is InChI=1S/C11H16BF3N2O2/c1-9(2)10(3,4)19-12(18-9)7-6-17(5)8(16-7)11(13,14)15/h6H,1-5H3/i5D3. The van der Waals surface area contributed by atoms with Gasteiger partial charge >= 0.3 is 13.3 Å². The maximum absolute atomic E-state index is 13.0. The summed E-state index contributed by atoms with van der Waals surface area (Å²) < 4.78 is 71.8. The first-order valence-corrected chi connectivity index (χ1v) is 5.68. The van der Waals surface area contributed by atoms with Crippen LogP contribution in [-0.2, 0) is 22.5 Å². The van der Waals surface area contributed by atoms with Crippen LogP contribution < -0.4 is 5.59 Å². The van der Waals surface area contributed by atoms with Crippen molar-refractivity contribution < 1.29 is 26.6 Å². The number of hydrogen-bond acceptors (Lipinski definition) is 3. The van der Waals surface area contributed by atoms with Crippen LogP contribution in [-0.4, -0.2) is 27.9 Å². The van der Waals surface area contributed by atoms with Gasteiger partial charge in [0.15, 0.2) is 0 Å². The van der Waals surface area contributed by atoms with E-state index in [0.717, 1.165) is 6.20 Å². The fourth-order valence-electron chi connectivity index (χ4n) is 1.68. The zero-order chi connectivity index (χ0) is 17.1. The van der Waals surface area contributed by atoms with Crippen LogP contribution in [0.3, 0.4) is 0 Å². The van der Waals surface area contributed by atoms with Crippen molar-refractivity contribution >= 4 is 12.7 Å². The molecular formula is C11H16BF3N2O2. The highest BCUT2D eigenvalue weighted by molar-refractivity contribution is 6.61. The summed E-state index contributed by atoms with van der Waals surface area (Å²) in [6.07, 6.45) is -4.09. The summed E-state index contributed by atoms with van der Waals surface area (Å²) in [5.41, 5.74) is -1.75. The molecule has 4 nitrogen and oxygen atoms in total. The lowest BCUT2D eigenvalue weighted by molar-refractivity contribution is -0.146. The number of nitrogens with zero attached hydrogens (tertiary/aromatic N) is 2. The van der Waals surface area contributed by atoms with E-state index < -0.39 is 37.3 Å². The van der Waals surface area contributed by atoms with Crippen molar-refractivity contribution in [2.24, 2.45) is 6.98 Å². The minimum atomic E-state index is -4.89. The van der Waals surface area contributed by atoms with Crippen molar-refractivity contribution in [3.05, 3.63) is 12.0 Å². The van der Waals surface area contributed by atoms with Crippen LogP contribution >= 0.6 is 0 Å². The third-order valence-corrected chi connectivity index (χ3v) is 3.47. The largest absolute Gasteiger partial charge is 0.516 e. The summed E-state index contributed by atoms with van der Waals surface area (Å²) >= 11 is 0. The molecular weight excluding hydrogens is 260 g/mol. The highest BCUT2D eigenvalue weighted by atomic mass is 19.4. The van der Waals surface area contributed by atoms with E-state index in [1.165, 1.54) is 0 Å². The molecule has 0 aliphatic carbocycles. The lowest BCUT2D eigenvalue weighted by Crippen LogP contribution is -2.41. The lowest BCUT2D eigenvalue weighted by Gasteiger charge is -2.32. The molecule has 1 aliphatic heterocycles. The Bertz CT molecular complexity index is 537. The number of aryl methyl sites for hydroxylation is 1. The second-order valence-electron chi connectivity index (χ2n) is 5.45. The molecule has 8 heteroatoms. The van der Waals surface area contributed by atoms with E-state index in [-0.39, 0.29) is 10.2 Å². The molecule has 106 valence electrons. The summed E-state index contributed by atoms with van der Waals surface area (Å²) in [6, 6.07) is 0. The zero-order valence-electron chi connectivity index (χ0n) is 14.0. The van der Waals surface area contributed by atoms with Crippen molar-refractivity contribution in [1.29, 1.82) is 0 Å². The zero-order valence-corrected chi connectivity index (χ0v) is 11.0. The molecule has 0 saturated carbocycles. The number of halogens is 3. The third kappa shape index (κ3) is 2.39. The number of alkyl halides is 3. The Hall–Kier alpha value is -1.02. The van der Waals surface area contributed by atoms with E-state index in [4.69, 9.17) is 13.4 Å². The molecule has 0 atom stereocenters. The van der Waals surface area contributed by atoms with Crippen molar-refractivity contribution in [1.82, 2.24) is 9.55 Å². The quantitative estimate of drug-likeness (QED) is 0.735. The first-order valence-electron chi connectivity index (χ1n) is 7.18. The molecule has 0 radical (unpaired) electrons. The van der Waals surface area contributed by atoms with Crippen LogP contribution in [0.25, 0.3) is 0 Å². The molecule has 0 spiro atoms. The number of rotatable bonds is 1. The van der Waals surface area contributed by atoms with Crippen LogP contribution in [0.15, 0.2) is 6.20 Å². The predicted octanol–water partition coefficient (Wildman–Crippen LogP) is 1.74. The van der Waals surface area contributed by atoms with E-state index in [2.05, 4.69) is 4.98 Å². The average molecular weight is 279 g/mol. The topological polar surface area (TPSA) is 36.3 Å². The van der Waals surface area contributed by atoms with Gasteiger partial charge in [-0.3, -0.25) is 0 Å². The van der Waals surface area contributed by atoms with Crippen LogP contribution in [0.5, 0.6) is 0 Å². The summed E-state index contributed by atoms with van der Waals surface area (Å²) in [5, 5.41) is 0. The Morgan fingerprint density at radius 2 is 1.79 bits per heavy atom. The number of imidazole rings is 1. The van der Waals surface area contributed by atoms with E-state index in [0.29, 0.717) is 0 Å². The van der Waals surface area contributed by atoms with Crippen molar-refractivity contribution in [2.45, 2.75) is 45.1 Å². The molecule has 0 unspecified atom stereocenters. The van der Waals surface area contributed by atoms with E-state index in [9.17, 15) is 13.2 Å². The average Bonchev–Trinajstić information content (AvgIpc) is 2.77. The molecule has 2 rings (SSSR count). The van der Waals surface area contributed by atoms with E-state index >= 15 is 0 Å². The molecule has 1 aliphatic rings. The molecule has 2 heterocycles. The summed E-state index contributed by atoms with van der Waals surface area (Å²) in [5.74, 6) is -1.50. The van der Waals surface area contributed by atoms with Gasteiger partial charge in [0.05, 0.1) is 16.8 Å². The maximum atomic E-state index is 13.0. The second kappa shape index (κ2) is 3.99. The summed E-state index contributed by atoms with van der Waals surface area (Å²) in [6.45, 7) is 3.94. The highest BCUT2D eigenvalue weighted by Crippen LogP contribution is 2.36. The van der Waals surface area contributed by atoms with E-state index in [1.807, 2.05) is 0 Å². The number of hydrogen-bond donors (Lipinski definition) is 0. The van der Waals surface area contributed by atoms with Crippen molar-refractivity contribution in [3.63, 3.8) is 0 Å². The lowest BCUT2D eigenvalue weighted by atomic mass is 9.86. The molecule has 1 fully saturated rings. The molecule has 0 amide bonds. The van der Waals surface area contributed by atoms with Crippen LogP contribution in [0.1, 0.15) is 37.6 Å². The normalized spacial score (nSPS) is 25.0. The van der Waals surface area contributed by atoms with Crippen LogP contribution in [0.4, 0.5) is 13.2 Å². The fourth-order valence-corrected chi connectivity index (χ4v) is 1.68. The smallest absolute Gasteiger partial charge is 0.398 e. The Kier molecular flexibility index (Phi) is 2.25. The van der Waals surface area contributed by atoms with Gasteiger partial charge < -0.3 is 13.9 Å². The SMILES string of the molecule is [2H]C([2H])([2H])n1cc(B2OC(C)(C)C(C)(C)O2)nc1C(F)(F)F. The third-order valence-electron chi connectivity index (χ3n) is 3.47. The van der Waals surface area contributed by atoms with Gasteiger partial charge in [0.1, 0.15) is 0 Å². The van der Waals surface area contributed by atoms with E-state index in [1.54, 1.807) is 27.7 Å². The Morgan fingerprint density at radius 3 is 2.16 bits per heavy atom. The molecule has 0 N–H and O–H groups in total. The van der Waals surface area contributed by atoms with Crippen molar-refractivity contribution in [2.75, 3.05) is 0 Å². The maximum Gasteiger partial charge on any atom is 0.516 e. The van der Waals surface area contributed by atoms with Gasteiger partial charge in [-0.05, 0) is 27.7 Å². The minimum Gasteiger partial charge on any atom is -0.398 e. The van der Waals surface area contributed by atoms with Gasteiger partial charge in [-0.1, -0.05) is 0 Å². The molecule has 0 aromatic carbocycles. The summed E-state index contributed by atoms with van der Waals surface area (Å²) in [4.78, 5) is 3.39. The highest BCUT2D eigenvalue weighted by Gasteiger charge is 2.53. The fraction of sp³-hybridized carbons (Fsp3) is 0.727. The van der Waals surface area contributed by atoms with Gasteiger partial charge in [-0.2, -0.15) is 13.2 Å². The molecule has 0 bridgehead atoms. The molecule has 1 aromatic rings. The second-order valence-corrected chi connectivity index (χ2v) is 5.45. The van der Waals surface area contributed by atoms with Crippen molar-refractivity contribution in [3.8, 4) is 0 Å². The molecule has 19 heavy (non-hydrogen) atoms. The first kappa shape index (κ1) is 10.7. The predicted molar refractivity (Wildman–Crippen MR) is 63.9 cm³/mol. The van der Waals surface area contributed by atoms with Crippen LogP contribution in [0.2, 0.25) is 0 Å². The van der Waals surface area contributed by atoms with Gasteiger partial charge in [0, 0.05) is 17.3 Å².